The predicted octanol–water partition coefficient (Wildman–Crippen LogP) is 2.15. The van der Waals surface area contributed by atoms with Crippen LogP contribution in [-0.2, 0) is 20.7 Å². The van der Waals surface area contributed by atoms with Gasteiger partial charge in [0.2, 0.25) is 5.91 Å². The molecule has 1 N–H and O–H groups in total. The molecule has 0 radical (unpaired) electrons. The van der Waals surface area contributed by atoms with Crippen molar-refractivity contribution in [1.82, 2.24) is 0 Å². The zero-order valence-electron chi connectivity index (χ0n) is 14.4. The zero-order valence-corrected chi connectivity index (χ0v) is 15.2. The summed E-state index contributed by atoms with van der Waals surface area (Å²) in [5.74, 6) is -3.69. The average molecular weight is 364 g/mol. The van der Waals surface area contributed by atoms with Crippen LogP contribution in [0.1, 0.15) is 48.3 Å². The molecular formula is C18H22NO5S-. The number of hydrogen-bond donors (Lipinski definition) is 1. The maximum absolute atomic E-state index is 12.6. The topological polar surface area (TPSA) is 95.5 Å². The number of nitrogens with one attached hydrogen (secondary N) is 1. The molecule has 0 bridgehead atoms. The van der Waals surface area contributed by atoms with Crippen LogP contribution in [0.3, 0.4) is 0 Å². The summed E-state index contributed by atoms with van der Waals surface area (Å²) in [5.41, 5.74) is 0.319. The second kappa shape index (κ2) is 8.80. The number of amides is 1. The number of aryl methyl sites for hydroxylation is 1. The molecule has 7 heteroatoms. The number of carbonyl (C=O) groups excluding carboxylic acids is 3. The van der Waals surface area contributed by atoms with E-state index in [1.165, 1.54) is 11.3 Å². The summed E-state index contributed by atoms with van der Waals surface area (Å²) in [6, 6.07) is 1.73. The number of ether oxygens (including phenoxy) is 1. The molecule has 25 heavy (non-hydrogen) atoms. The van der Waals surface area contributed by atoms with Crippen molar-refractivity contribution < 1.29 is 24.2 Å². The van der Waals surface area contributed by atoms with Gasteiger partial charge in [0.05, 0.1) is 18.1 Å². The summed E-state index contributed by atoms with van der Waals surface area (Å²) in [6.07, 6.45) is 5.87. The third kappa shape index (κ3) is 4.69. The third-order valence-corrected chi connectivity index (χ3v) is 5.19. The Morgan fingerprint density at radius 2 is 1.92 bits per heavy atom. The van der Waals surface area contributed by atoms with Gasteiger partial charge in [-0.25, -0.2) is 4.79 Å². The highest BCUT2D eigenvalue weighted by molar-refractivity contribution is 7.16. The predicted molar refractivity (Wildman–Crippen MR) is 93.3 cm³/mol. The molecule has 1 aromatic rings. The van der Waals surface area contributed by atoms with Crippen LogP contribution >= 0.6 is 11.3 Å². The molecular weight excluding hydrogens is 342 g/mol. The van der Waals surface area contributed by atoms with Crippen LogP contribution in [0.2, 0.25) is 0 Å². The van der Waals surface area contributed by atoms with E-state index < -0.39 is 29.7 Å². The van der Waals surface area contributed by atoms with Crippen molar-refractivity contribution in [1.29, 1.82) is 0 Å². The number of allylic oxidation sites excluding steroid dienone is 2. The zero-order chi connectivity index (χ0) is 18.4. The summed E-state index contributed by atoms with van der Waals surface area (Å²) >= 11 is 1.33. The highest BCUT2D eigenvalue weighted by Gasteiger charge is 2.31. The first kappa shape index (κ1) is 19.2. The van der Waals surface area contributed by atoms with E-state index >= 15 is 0 Å². The number of carboxylic acid groups (broad SMARTS) is 1. The molecule has 1 aliphatic carbocycles. The van der Waals surface area contributed by atoms with Crippen molar-refractivity contribution in [3.63, 3.8) is 0 Å². The molecule has 2 rings (SSSR count). The Morgan fingerprint density at radius 3 is 2.52 bits per heavy atom. The number of aliphatic carboxylic acids is 1. The Bertz CT molecular complexity index is 679. The van der Waals surface area contributed by atoms with Crippen LogP contribution in [0.4, 0.5) is 5.00 Å². The molecule has 0 fully saturated rings. The number of carbonyl (C=O) groups is 3. The van der Waals surface area contributed by atoms with Gasteiger partial charge in [-0.15, -0.1) is 11.3 Å². The van der Waals surface area contributed by atoms with Crippen molar-refractivity contribution in [3.05, 3.63) is 28.7 Å². The second-order valence-corrected chi connectivity index (χ2v) is 7.03. The smallest absolute Gasteiger partial charge is 0.341 e. The van der Waals surface area contributed by atoms with Gasteiger partial charge in [0, 0.05) is 16.8 Å². The quantitative estimate of drug-likeness (QED) is 0.591. The minimum Gasteiger partial charge on any atom is -0.550 e. The van der Waals surface area contributed by atoms with Crippen molar-refractivity contribution in [2.75, 3.05) is 11.9 Å². The van der Waals surface area contributed by atoms with E-state index in [0.717, 1.165) is 17.7 Å². The highest BCUT2D eigenvalue weighted by atomic mass is 32.1. The van der Waals surface area contributed by atoms with Gasteiger partial charge in [-0.2, -0.15) is 0 Å². The maximum atomic E-state index is 12.6. The molecule has 0 saturated carbocycles. The highest BCUT2D eigenvalue weighted by Crippen LogP contribution is 2.32. The Balaban J connectivity index is 2.22. The monoisotopic (exact) mass is 364 g/mol. The Hall–Kier alpha value is -2.15. The molecule has 1 amide bonds. The number of hydrogen-bond acceptors (Lipinski definition) is 6. The SMILES string of the molecule is CCCc1cc(C(=O)OCC)c(NC(=O)C2CC=CCC2C(=O)[O-])s1. The summed E-state index contributed by atoms with van der Waals surface area (Å²) in [7, 11) is 0. The Morgan fingerprint density at radius 1 is 1.24 bits per heavy atom. The fourth-order valence-corrected chi connectivity index (χ4v) is 3.98. The third-order valence-electron chi connectivity index (χ3n) is 4.08. The standard InChI is InChI=1S/C18H23NO5S/c1-3-7-11-10-14(18(23)24-4-2)16(25-11)19-15(20)12-8-5-6-9-13(12)17(21)22/h5-6,10,12-13H,3-4,7-9H2,1-2H3,(H,19,20)(H,21,22)/p-1. The maximum Gasteiger partial charge on any atom is 0.341 e. The molecule has 0 saturated heterocycles. The largest absolute Gasteiger partial charge is 0.550 e. The van der Waals surface area contributed by atoms with Crippen LogP contribution in [-0.4, -0.2) is 24.5 Å². The molecule has 0 aliphatic heterocycles. The van der Waals surface area contributed by atoms with Gasteiger partial charge in [0.1, 0.15) is 5.00 Å². The van der Waals surface area contributed by atoms with Gasteiger partial charge < -0.3 is 20.0 Å². The minimum atomic E-state index is -1.23. The van der Waals surface area contributed by atoms with E-state index in [4.69, 9.17) is 4.74 Å². The summed E-state index contributed by atoms with van der Waals surface area (Å²) in [6.45, 7) is 3.99. The van der Waals surface area contributed by atoms with Crippen molar-refractivity contribution >= 4 is 34.2 Å². The van der Waals surface area contributed by atoms with Gasteiger partial charge in [-0.1, -0.05) is 25.5 Å². The fraction of sp³-hybridized carbons (Fsp3) is 0.500. The molecule has 2 unspecified atom stereocenters. The fourth-order valence-electron chi connectivity index (χ4n) is 2.83. The van der Waals surface area contributed by atoms with Crippen molar-refractivity contribution in [2.45, 2.75) is 39.5 Å². The molecule has 1 heterocycles. The molecule has 136 valence electrons. The van der Waals surface area contributed by atoms with Crippen LogP contribution in [0.5, 0.6) is 0 Å². The lowest BCUT2D eigenvalue weighted by Gasteiger charge is -2.28. The number of thiophene rings is 1. The summed E-state index contributed by atoms with van der Waals surface area (Å²) in [5, 5.41) is 14.4. The van der Waals surface area contributed by atoms with Gasteiger partial charge in [-0.3, -0.25) is 4.79 Å². The van der Waals surface area contributed by atoms with E-state index in [9.17, 15) is 19.5 Å². The molecule has 1 aromatic heterocycles. The van der Waals surface area contributed by atoms with E-state index in [-0.39, 0.29) is 13.0 Å². The minimum absolute atomic E-state index is 0.241. The lowest BCUT2D eigenvalue weighted by Crippen LogP contribution is -2.41. The van der Waals surface area contributed by atoms with E-state index in [1.807, 2.05) is 6.92 Å². The molecule has 2 atom stereocenters. The first-order valence-electron chi connectivity index (χ1n) is 8.44. The van der Waals surface area contributed by atoms with Crippen LogP contribution in [0.15, 0.2) is 18.2 Å². The molecule has 6 nitrogen and oxygen atoms in total. The number of rotatable bonds is 7. The first-order valence-corrected chi connectivity index (χ1v) is 9.26. The second-order valence-electron chi connectivity index (χ2n) is 5.89. The molecule has 0 aromatic carbocycles. The lowest BCUT2D eigenvalue weighted by atomic mass is 9.82. The first-order chi connectivity index (χ1) is 12.0. The van der Waals surface area contributed by atoms with Crippen molar-refractivity contribution in [2.24, 2.45) is 11.8 Å². The lowest BCUT2D eigenvalue weighted by molar-refractivity contribution is -0.313. The summed E-state index contributed by atoms with van der Waals surface area (Å²) < 4.78 is 5.05. The van der Waals surface area contributed by atoms with E-state index in [1.54, 1.807) is 25.1 Å². The van der Waals surface area contributed by atoms with Gasteiger partial charge in [0.15, 0.2) is 0 Å². The summed E-state index contributed by atoms with van der Waals surface area (Å²) in [4.78, 5) is 37.0. The van der Waals surface area contributed by atoms with Crippen molar-refractivity contribution in [3.8, 4) is 0 Å². The normalized spacial score (nSPS) is 19.4. The van der Waals surface area contributed by atoms with Crippen LogP contribution in [0, 0.1) is 11.8 Å². The number of carboxylic acids is 1. The van der Waals surface area contributed by atoms with E-state index in [0.29, 0.717) is 17.0 Å². The Kier molecular flexibility index (Phi) is 6.75. The van der Waals surface area contributed by atoms with Crippen LogP contribution < -0.4 is 10.4 Å². The number of anilines is 1. The Labute approximate surface area is 150 Å². The average Bonchev–Trinajstić information content (AvgIpc) is 2.98. The van der Waals surface area contributed by atoms with Crippen LogP contribution in [0.25, 0.3) is 0 Å². The van der Waals surface area contributed by atoms with Gasteiger partial charge >= 0.3 is 5.97 Å². The number of esters is 1. The molecule has 1 aliphatic rings. The van der Waals surface area contributed by atoms with E-state index in [2.05, 4.69) is 5.32 Å². The molecule has 0 spiro atoms. The van der Waals surface area contributed by atoms with Gasteiger partial charge in [-0.05, 0) is 32.3 Å². The van der Waals surface area contributed by atoms with Gasteiger partial charge in [0.25, 0.3) is 0 Å².